The van der Waals surface area contributed by atoms with Crippen molar-refractivity contribution < 1.29 is 4.52 Å². The van der Waals surface area contributed by atoms with Gasteiger partial charge in [0, 0.05) is 12.6 Å². The molecule has 17 heavy (non-hydrogen) atoms. The maximum absolute atomic E-state index is 5.77. The van der Waals surface area contributed by atoms with E-state index in [2.05, 4.69) is 20.4 Å². The molecule has 0 aromatic carbocycles. The van der Waals surface area contributed by atoms with Crippen LogP contribution in [0.25, 0.3) is 11.1 Å². The average molecular weight is 233 g/mol. The van der Waals surface area contributed by atoms with E-state index in [1.54, 1.807) is 0 Å². The van der Waals surface area contributed by atoms with Crippen LogP contribution in [0, 0.1) is 12.8 Å². The van der Waals surface area contributed by atoms with E-state index in [4.69, 9.17) is 10.3 Å². The largest absolute Gasteiger partial charge is 0.365 e. The number of nitrogens with zero attached hydrogens (tertiary/aromatic N) is 3. The molecule has 6 heteroatoms. The first-order valence-corrected chi connectivity index (χ1v) is 5.83. The molecular weight excluding hydrogens is 218 g/mol. The Morgan fingerprint density at radius 2 is 2.35 bits per heavy atom. The van der Waals surface area contributed by atoms with E-state index in [1.807, 2.05) is 6.92 Å². The number of fused-ring (bicyclic) bond motifs is 1. The summed E-state index contributed by atoms with van der Waals surface area (Å²) in [5, 5.41) is 8.14. The van der Waals surface area contributed by atoms with Crippen LogP contribution in [0.2, 0.25) is 0 Å². The molecule has 1 unspecified atom stereocenters. The predicted molar refractivity (Wildman–Crippen MR) is 63.5 cm³/mol. The van der Waals surface area contributed by atoms with Crippen LogP contribution < -0.4 is 11.1 Å². The van der Waals surface area contributed by atoms with Gasteiger partial charge >= 0.3 is 0 Å². The molecule has 3 N–H and O–H groups in total. The molecule has 1 atom stereocenters. The number of hydrogen-bond donors (Lipinski definition) is 2. The lowest BCUT2D eigenvalue weighted by Gasteiger charge is -2.16. The SMILES string of the molecule is Cc1noc2ncnc(NC(CN)C3CC3)c12. The van der Waals surface area contributed by atoms with Crippen molar-refractivity contribution >= 4 is 16.9 Å². The summed E-state index contributed by atoms with van der Waals surface area (Å²) in [5.74, 6) is 1.45. The van der Waals surface area contributed by atoms with Crippen LogP contribution in [0.5, 0.6) is 0 Å². The molecule has 2 heterocycles. The van der Waals surface area contributed by atoms with Crippen molar-refractivity contribution in [2.75, 3.05) is 11.9 Å². The molecule has 0 radical (unpaired) electrons. The minimum absolute atomic E-state index is 0.280. The van der Waals surface area contributed by atoms with Crippen LogP contribution in [-0.2, 0) is 0 Å². The molecule has 1 aliphatic carbocycles. The van der Waals surface area contributed by atoms with Crippen LogP contribution in [0.1, 0.15) is 18.5 Å². The zero-order valence-corrected chi connectivity index (χ0v) is 9.68. The Labute approximate surface area is 98.6 Å². The third-order valence-corrected chi connectivity index (χ3v) is 3.21. The second kappa shape index (κ2) is 3.96. The Balaban J connectivity index is 1.95. The quantitative estimate of drug-likeness (QED) is 0.821. The van der Waals surface area contributed by atoms with Gasteiger partial charge in [-0.2, -0.15) is 4.98 Å². The van der Waals surface area contributed by atoms with E-state index in [0.717, 1.165) is 16.9 Å². The van der Waals surface area contributed by atoms with Crippen molar-refractivity contribution in [3.8, 4) is 0 Å². The van der Waals surface area contributed by atoms with Crippen molar-refractivity contribution in [1.29, 1.82) is 0 Å². The summed E-state index contributed by atoms with van der Waals surface area (Å²) in [5.41, 5.74) is 7.09. The van der Waals surface area contributed by atoms with Crippen LogP contribution in [0.15, 0.2) is 10.9 Å². The Morgan fingerprint density at radius 3 is 3.06 bits per heavy atom. The highest BCUT2D eigenvalue weighted by Crippen LogP contribution is 2.34. The standard InChI is InChI=1S/C11H15N5O/c1-6-9-10(13-5-14-11(9)17-16-6)15-8(4-12)7-2-3-7/h5,7-8H,2-4,12H2,1H3,(H,13,14,15). The molecule has 0 spiro atoms. The first-order chi connectivity index (χ1) is 8.29. The third-order valence-electron chi connectivity index (χ3n) is 3.21. The number of hydrogen-bond acceptors (Lipinski definition) is 6. The highest BCUT2D eigenvalue weighted by molar-refractivity contribution is 5.87. The molecule has 0 saturated heterocycles. The molecule has 2 aromatic rings. The first-order valence-electron chi connectivity index (χ1n) is 5.83. The van der Waals surface area contributed by atoms with Crippen molar-refractivity contribution in [3.63, 3.8) is 0 Å². The topological polar surface area (TPSA) is 89.9 Å². The first kappa shape index (κ1) is 10.5. The molecule has 1 saturated carbocycles. The average Bonchev–Trinajstić information content (AvgIpc) is 3.11. The van der Waals surface area contributed by atoms with Crippen molar-refractivity contribution in [1.82, 2.24) is 15.1 Å². The molecule has 0 amide bonds. The van der Waals surface area contributed by atoms with Gasteiger partial charge in [-0.1, -0.05) is 5.16 Å². The molecular formula is C11H15N5O. The summed E-state index contributed by atoms with van der Waals surface area (Å²) in [6, 6.07) is 0.280. The van der Waals surface area contributed by atoms with Gasteiger partial charge in [0.1, 0.15) is 17.5 Å². The lowest BCUT2D eigenvalue weighted by molar-refractivity contribution is 0.442. The number of nitrogens with one attached hydrogen (secondary N) is 1. The molecule has 90 valence electrons. The van der Waals surface area contributed by atoms with Gasteiger partial charge in [-0.25, -0.2) is 4.98 Å². The zero-order chi connectivity index (χ0) is 11.8. The van der Waals surface area contributed by atoms with Crippen molar-refractivity contribution in [2.45, 2.75) is 25.8 Å². The fourth-order valence-corrected chi connectivity index (χ4v) is 2.07. The highest BCUT2D eigenvalue weighted by atomic mass is 16.5. The van der Waals surface area contributed by atoms with Gasteiger partial charge in [0.25, 0.3) is 5.71 Å². The Bertz CT molecular complexity index is 534. The fraction of sp³-hybridized carbons (Fsp3) is 0.545. The van der Waals surface area contributed by atoms with Crippen LogP contribution >= 0.6 is 0 Å². The highest BCUT2D eigenvalue weighted by Gasteiger charge is 2.31. The Morgan fingerprint density at radius 1 is 1.53 bits per heavy atom. The molecule has 0 aliphatic heterocycles. The molecule has 1 fully saturated rings. The monoisotopic (exact) mass is 233 g/mol. The fourth-order valence-electron chi connectivity index (χ4n) is 2.07. The smallest absolute Gasteiger partial charge is 0.263 e. The van der Waals surface area contributed by atoms with Crippen LogP contribution in [0.4, 0.5) is 5.82 Å². The van der Waals surface area contributed by atoms with Crippen molar-refractivity contribution in [2.24, 2.45) is 11.7 Å². The Hall–Kier alpha value is -1.69. The van der Waals surface area contributed by atoms with Gasteiger partial charge in [0.05, 0.1) is 5.69 Å². The second-order valence-electron chi connectivity index (χ2n) is 4.49. The number of anilines is 1. The summed E-state index contributed by atoms with van der Waals surface area (Å²) in [4.78, 5) is 8.30. The van der Waals surface area contributed by atoms with Crippen LogP contribution in [0.3, 0.4) is 0 Å². The maximum atomic E-state index is 5.77. The van der Waals surface area contributed by atoms with Gasteiger partial charge in [-0.3, -0.25) is 0 Å². The number of rotatable bonds is 4. The number of aryl methyl sites for hydroxylation is 1. The van der Waals surface area contributed by atoms with E-state index in [1.165, 1.54) is 19.2 Å². The minimum atomic E-state index is 0.280. The van der Waals surface area contributed by atoms with E-state index >= 15 is 0 Å². The summed E-state index contributed by atoms with van der Waals surface area (Å²) in [6.45, 7) is 2.50. The van der Waals surface area contributed by atoms with Gasteiger partial charge in [0.15, 0.2) is 0 Å². The predicted octanol–water partition coefficient (Wildman–Crippen LogP) is 1.08. The van der Waals surface area contributed by atoms with Gasteiger partial charge in [-0.05, 0) is 25.7 Å². The molecule has 2 aromatic heterocycles. The summed E-state index contributed by atoms with van der Waals surface area (Å²) in [7, 11) is 0. The minimum Gasteiger partial charge on any atom is -0.365 e. The summed E-state index contributed by atoms with van der Waals surface area (Å²) >= 11 is 0. The molecule has 6 nitrogen and oxygen atoms in total. The normalized spacial score (nSPS) is 17.3. The van der Waals surface area contributed by atoms with Gasteiger partial charge in [0.2, 0.25) is 0 Å². The van der Waals surface area contributed by atoms with Crippen LogP contribution in [-0.4, -0.2) is 27.7 Å². The van der Waals surface area contributed by atoms with E-state index in [-0.39, 0.29) is 6.04 Å². The number of aromatic nitrogens is 3. The third kappa shape index (κ3) is 1.84. The summed E-state index contributed by atoms with van der Waals surface area (Å²) < 4.78 is 5.11. The number of nitrogens with two attached hydrogens (primary N) is 1. The molecule has 3 rings (SSSR count). The Kier molecular flexibility index (Phi) is 2.44. The molecule has 0 bridgehead atoms. The van der Waals surface area contributed by atoms with Crippen molar-refractivity contribution in [3.05, 3.63) is 12.0 Å². The summed E-state index contributed by atoms with van der Waals surface area (Å²) in [6.07, 6.45) is 3.97. The van der Waals surface area contributed by atoms with Gasteiger partial charge < -0.3 is 15.6 Å². The van der Waals surface area contributed by atoms with E-state index in [0.29, 0.717) is 18.2 Å². The lowest BCUT2D eigenvalue weighted by atomic mass is 10.2. The maximum Gasteiger partial charge on any atom is 0.263 e. The van der Waals surface area contributed by atoms with E-state index < -0.39 is 0 Å². The molecule has 1 aliphatic rings. The van der Waals surface area contributed by atoms with Gasteiger partial charge in [-0.15, -0.1) is 0 Å². The van der Waals surface area contributed by atoms with E-state index in [9.17, 15) is 0 Å². The lowest BCUT2D eigenvalue weighted by Crippen LogP contribution is -2.31. The second-order valence-corrected chi connectivity index (χ2v) is 4.49. The zero-order valence-electron chi connectivity index (χ0n) is 9.68.